The Morgan fingerprint density at radius 1 is 1.03 bits per heavy atom. The first-order valence-corrected chi connectivity index (χ1v) is 12.6. The molecule has 8 heteroatoms. The van der Waals surface area contributed by atoms with Crippen LogP contribution >= 0.6 is 22.7 Å². The van der Waals surface area contributed by atoms with Gasteiger partial charge in [-0.15, -0.1) is 11.3 Å². The van der Waals surface area contributed by atoms with Crippen LogP contribution in [-0.4, -0.2) is 26.5 Å². The first-order chi connectivity index (χ1) is 16.6. The zero-order valence-electron chi connectivity index (χ0n) is 18.3. The Morgan fingerprint density at radius 2 is 1.76 bits per heavy atom. The van der Waals surface area contributed by atoms with Crippen molar-refractivity contribution < 1.29 is 9.59 Å². The highest BCUT2D eigenvalue weighted by molar-refractivity contribution is 7.21. The lowest BCUT2D eigenvalue weighted by Crippen LogP contribution is -2.17. The molecule has 1 atom stereocenters. The molecule has 3 heterocycles. The van der Waals surface area contributed by atoms with Crippen molar-refractivity contribution in [2.24, 2.45) is 0 Å². The number of benzene rings is 2. The van der Waals surface area contributed by atoms with Crippen LogP contribution in [0.2, 0.25) is 0 Å². The number of fused-ring (bicyclic) bond motifs is 2. The lowest BCUT2D eigenvalue weighted by molar-refractivity contribution is 0.0967. The lowest BCUT2D eigenvalue weighted by atomic mass is 9.85. The molecule has 3 aromatic heterocycles. The maximum atomic E-state index is 13.1. The molecule has 6 nitrogen and oxygen atoms in total. The number of thiazole rings is 1. The number of nitrogens with zero attached hydrogens (tertiary/aromatic N) is 3. The fourth-order valence-electron chi connectivity index (χ4n) is 4.41. The van der Waals surface area contributed by atoms with Crippen LogP contribution in [0.15, 0.2) is 66.7 Å². The Kier molecular flexibility index (Phi) is 5.12. The second-order valence-corrected chi connectivity index (χ2v) is 10.4. The maximum Gasteiger partial charge on any atom is 0.267 e. The molecule has 34 heavy (non-hydrogen) atoms. The van der Waals surface area contributed by atoms with Crippen LogP contribution in [0.4, 0.5) is 5.13 Å². The maximum absolute atomic E-state index is 13.1. The van der Waals surface area contributed by atoms with E-state index in [4.69, 9.17) is 0 Å². The predicted molar refractivity (Wildman–Crippen MR) is 136 cm³/mol. The number of para-hydroxylation sites is 1. The summed E-state index contributed by atoms with van der Waals surface area (Å²) in [6.45, 7) is 1.94. The van der Waals surface area contributed by atoms with Gasteiger partial charge in [0.05, 0.1) is 26.8 Å². The normalized spacial score (nSPS) is 15.4. The zero-order chi connectivity index (χ0) is 23.2. The van der Waals surface area contributed by atoms with Gasteiger partial charge >= 0.3 is 0 Å². The summed E-state index contributed by atoms with van der Waals surface area (Å²) in [5, 5.41) is 8.98. The topological polar surface area (TPSA) is 76.9 Å². The Bertz CT molecular complexity index is 1530. The molecule has 0 spiro atoms. The first-order valence-electron chi connectivity index (χ1n) is 11.0. The highest BCUT2D eigenvalue weighted by atomic mass is 32.1. The van der Waals surface area contributed by atoms with Crippen molar-refractivity contribution in [1.29, 1.82) is 0 Å². The second-order valence-electron chi connectivity index (χ2n) is 8.35. The van der Waals surface area contributed by atoms with Gasteiger partial charge in [-0.25, -0.2) is 9.67 Å². The van der Waals surface area contributed by atoms with Crippen molar-refractivity contribution in [2.75, 3.05) is 5.32 Å². The second kappa shape index (κ2) is 8.30. The van der Waals surface area contributed by atoms with Gasteiger partial charge < -0.3 is 0 Å². The van der Waals surface area contributed by atoms with Gasteiger partial charge in [-0.2, -0.15) is 5.10 Å². The lowest BCUT2D eigenvalue weighted by Gasteiger charge is -2.20. The zero-order valence-corrected chi connectivity index (χ0v) is 20.0. The van der Waals surface area contributed by atoms with Crippen LogP contribution in [0.25, 0.3) is 15.9 Å². The number of Topliss-reactive ketones (excluding diaryl/α,β-unsaturated/α-hetero) is 1. The van der Waals surface area contributed by atoms with Crippen molar-refractivity contribution in [2.45, 2.75) is 25.7 Å². The van der Waals surface area contributed by atoms with E-state index in [9.17, 15) is 9.59 Å². The molecule has 0 fully saturated rings. The summed E-state index contributed by atoms with van der Waals surface area (Å²) < 4.78 is 1.87. The van der Waals surface area contributed by atoms with Crippen molar-refractivity contribution in [3.63, 3.8) is 0 Å². The molecule has 2 aromatic carbocycles. The number of hydrogen-bond donors (Lipinski definition) is 1. The summed E-state index contributed by atoms with van der Waals surface area (Å²) in [5.74, 6) is -0.00902. The number of hydrogen-bond acceptors (Lipinski definition) is 6. The molecule has 0 saturated heterocycles. The van der Waals surface area contributed by atoms with Gasteiger partial charge in [-0.3, -0.25) is 14.9 Å². The van der Waals surface area contributed by atoms with Crippen LogP contribution in [0.3, 0.4) is 0 Å². The van der Waals surface area contributed by atoms with Gasteiger partial charge in [0.2, 0.25) is 0 Å². The number of amides is 1. The average molecular weight is 485 g/mol. The van der Waals surface area contributed by atoms with E-state index >= 15 is 0 Å². The Hall–Kier alpha value is -3.62. The highest BCUT2D eigenvalue weighted by Crippen LogP contribution is 2.37. The minimum Gasteiger partial charge on any atom is -0.297 e. The Labute approximate surface area is 203 Å². The van der Waals surface area contributed by atoms with Crippen LogP contribution in [0, 0.1) is 6.92 Å². The van der Waals surface area contributed by atoms with Gasteiger partial charge in [-0.05, 0) is 43.0 Å². The number of anilines is 1. The quantitative estimate of drug-likeness (QED) is 0.339. The van der Waals surface area contributed by atoms with Crippen LogP contribution in [-0.2, 0) is 6.42 Å². The molecule has 0 bridgehead atoms. The standard InChI is InChI=1S/C26H20N4O2S2/c1-15-19-14-22(33-25(19)30(29-15)18-10-6-3-7-11-18)24(32)28-26-27-20-12-17(13-21(31)23(20)34-26)16-8-4-2-5-9-16/h2-11,14,17H,12-13H2,1H3,(H,27,28,32)/t17-/m0/s1. The van der Waals surface area contributed by atoms with Gasteiger partial charge in [-0.1, -0.05) is 59.9 Å². The average Bonchev–Trinajstić information content (AvgIpc) is 3.55. The molecule has 0 unspecified atom stereocenters. The van der Waals surface area contributed by atoms with Crippen molar-refractivity contribution in [1.82, 2.24) is 14.8 Å². The minimum absolute atomic E-state index is 0.0912. The fourth-order valence-corrected chi connectivity index (χ4v) is 6.42. The van der Waals surface area contributed by atoms with E-state index in [-0.39, 0.29) is 17.6 Å². The number of thiophene rings is 1. The van der Waals surface area contributed by atoms with Crippen molar-refractivity contribution in [3.05, 3.63) is 93.4 Å². The SMILES string of the molecule is Cc1nn(-c2ccccc2)c2sc(C(=O)Nc3nc4c(s3)C(=O)C[C@@H](c3ccccc3)C4)cc12. The van der Waals surface area contributed by atoms with Gasteiger partial charge in [0.1, 0.15) is 4.83 Å². The van der Waals surface area contributed by atoms with E-state index in [2.05, 4.69) is 27.5 Å². The van der Waals surface area contributed by atoms with Gasteiger partial charge in [0.25, 0.3) is 5.91 Å². The van der Waals surface area contributed by atoms with Crippen molar-refractivity contribution >= 4 is 49.7 Å². The summed E-state index contributed by atoms with van der Waals surface area (Å²) in [6.07, 6.45) is 1.17. The summed E-state index contributed by atoms with van der Waals surface area (Å²) in [4.78, 5) is 32.6. The molecule has 1 aliphatic rings. The monoisotopic (exact) mass is 484 g/mol. The third kappa shape index (κ3) is 3.65. The number of aromatic nitrogens is 3. The van der Waals surface area contributed by atoms with E-state index in [1.165, 1.54) is 22.7 Å². The Morgan fingerprint density at radius 3 is 2.53 bits per heavy atom. The summed E-state index contributed by atoms with van der Waals surface area (Å²) in [6, 6.07) is 21.8. The van der Waals surface area contributed by atoms with Crippen LogP contribution in [0.5, 0.6) is 0 Å². The minimum atomic E-state index is -0.224. The number of nitrogens with one attached hydrogen (secondary N) is 1. The number of ketones is 1. The van der Waals surface area contributed by atoms with Gasteiger partial charge in [0, 0.05) is 11.8 Å². The Balaban J connectivity index is 1.26. The fraction of sp³-hybridized carbons (Fsp3) is 0.154. The van der Waals surface area contributed by atoms with E-state index in [1.54, 1.807) is 0 Å². The molecular weight excluding hydrogens is 464 g/mol. The molecule has 1 amide bonds. The van der Waals surface area contributed by atoms with E-state index < -0.39 is 0 Å². The van der Waals surface area contributed by atoms with Crippen molar-refractivity contribution in [3.8, 4) is 5.69 Å². The predicted octanol–water partition coefficient (Wildman–Crippen LogP) is 6.02. The molecule has 0 aliphatic heterocycles. The molecule has 1 aliphatic carbocycles. The third-order valence-electron chi connectivity index (χ3n) is 6.08. The summed E-state index contributed by atoms with van der Waals surface area (Å²) >= 11 is 2.67. The number of carbonyl (C=O) groups excluding carboxylic acids is 2. The van der Waals surface area contributed by atoms with Crippen LogP contribution in [0.1, 0.15) is 48.6 Å². The largest absolute Gasteiger partial charge is 0.297 e. The number of aryl methyl sites for hydroxylation is 1. The highest BCUT2D eigenvalue weighted by Gasteiger charge is 2.30. The number of carbonyl (C=O) groups is 2. The van der Waals surface area contributed by atoms with Gasteiger partial charge in [0.15, 0.2) is 10.9 Å². The molecule has 6 rings (SSSR count). The molecule has 0 saturated carbocycles. The molecule has 0 radical (unpaired) electrons. The summed E-state index contributed by atoms with van der Waals surface area (Å²) in [7, 11) is 0. The third-order valence-corrected chi connectivity index (χ3v) is 8.25. The van der Waals surface area contributed by atoms with E-state index in [0.29, 0.717) is 27.7 Å². The first kappa shape index (κ1) is 20.9. The molecule has 1 N–H and O–H groups in total. The molecule has 168 valence electrons. The molecular formula is C26H20N4O2S2. The van der Waals surface area contributed by atoms with E-state index in [0.717, 1.165) is 32.9 Å². The molecule has 5 aromatic rings. The van der Waals surface area contributed by atoms with E-state index in [1.807, 2.05) is 66.2 Å². The number of rotatable bonds is 4. The summed E-state index contributed by atoms with van der Waals surface area (Å²) in [5.41, 5.74) is 3.75. The smallest absolute Gasteiger partial charge is 0.267 e. The van der Waals surface area contributed by atoms with Crippen LogP contribution < -0.4 is 5.32 Å².